The number of hydrogen-bond donors (Lipinski definition) is 1. The van der Waals surface area contributed by atoms with Gasteiger partial charge in [-0.05, 0) is 5.56 Å². The Balaban J connectivity index is 2.27. The molecule has 0 heterocycles. The topological polar surface area (TPSA) is 29.1 Å². The monoisotopic (exact) mass is 231 g/mol. The summed E-state index contributed by atoms with van der Waals surface area (Å²) in [6.45, 7) is -1.39. The maximum Gasteiger partial charge on any atom is 0.401 e. The third kappa shape index (κ3) is 5.50. The van der Waals surface area contributed by atoms with Crippen LogP contribution in [0.3, 0.4) is 0 Å². The number of carbonyl (C=O) groups is 1. The Bertz CT molecular complexity index is 335. The molecule has 0 amide bonds. The molecule has 0 bridgehead atoms. The van der Waals surface area contributed by atoms with Crippen molar-refractivity contribution in [3.8, 4) is 0 Å². The summed E-state index contributed by atoms with van der Waals surface area (Å²) >= 11 is 0. The van der Waals surface area contributed by atoms with Gasteiger partial charge in [-0.2, -0.15) is 13.2 Å². The molecule has 0 spiro atoms. The molecule has 5 heteroatoms. The van der Waals surface area contributed by atoms with E-state index >= 15 is 0 Å². The minimum absolute atomic E-state index is 0.158. The molecule has 1 rings (SSSR count). The second-order valence-corrected chi connectivity index (χ2v) is 3.42. The first-order valence-electron chi connectivity index (χ1n) is 4.80. The van der Waals surface area contributed by atoms with Gasteiger partial charge in [-0.15, -0.1) is 0 Å². The minimum atomic E-state index is -4.27. The molecular weight excluding hydrogens is 219 g/mol. The maximum atomic E-state index is 11.8. The molecule has 0 aromatic heterocycles. The van der Waals surface area contributed by atoms with Crippen molar-refractivity contribution in [2.24, 2.45) is 0 Å². The van der Waals surface area contributed by atoms with Crippen molar-refractivity contribution in [3.63, 3.8) is 0 Å². The molecule has 2 nitrogen and oxygen atoms in total. The standard InChI is InChI=1S/C11H12F3NO/c12-11(13,14)8-15-7-10(16)6-9-4-2-1-3-5-9/h1-5,15H,6-8H2. The van der Waals surface area contributed by atoms with Gasteiger partial charge in [-0.1, -0.05) is 30.3 Å². The lowest BCUT2D eigenvalue weighted by Gasteiger charge is -2.07. The Morgan fingerprint density at radius 3 is 2.38 bits per heavy atom. The second kappa shape index (κ2) is 5.65. The Kier molecular flexibility index (Phi) is 4.49. The molecule has 0 aliphatic carbocycles. The fourth-order valence-corrected chi connectivity index (χ4v) is 1.23. The van der Waals surface area contributed by atoms with Crippen molar-refractivity contribution in [2.75, 3.05) is 13.1 Å². The lowest BCUT2D eigenvalue weighted by atomic mass is 10.1. The van der Waals surface area contributed by atoms with Crippen molar-refractivity contribution in [1.82, 2.24) is 5.32 Å². The van der Waals surface area contributed by atoms with Gasteiger partial charge in [-0.3, -0.25) is 4.79 Å². The molecule has 1 aromatic rings. The summed E-state index contributed by atoms with van der Waals surface area (Å²) in [5.74, 6) is -0.254. The summed E-state index contributed by atoms with van der Waals surface area (Å²) in [5.41, 5.74) is 0.807. The number of rotatable bonds is 5. The van der Waals surface area contributed by atoms with Crippen LogP contribution in [0.2, 0.25) is 0 Å². The van der Waals surface area contributed by atoms with Crippen LogP contribution in [0.4, 0.5) is 13.2 Å². The molecule has 0 unspecified atom stereocenters. The molecule has 0 saturated carbocycles. The van der Waals surface area contributed by atoms with Crippen LogP contribution in [0, 0.1) is 0 Å². The molecule has 88 valence electrons. The molecule has 0 aliphatic heterocycles. The predicted octanol–water partition coefficient (Wildman–Crippen LogP) is 1.95. The number of carbonyl (C=O) groups excluding carboxylic acids is 1. The molecule has 1 N–H and O–H groups in total. The minimum Gasteiger partial charge on any atom is -0.302 e. The van der Waals surface area contributed by atoms with E-state index in [1.54, 1.807) is 24.3 Å². The van der Waals surface area contributed by atoms with E-state index in [2.05, 4.69) is 5.32 Å². The van der Waals surface area contributed by atoms with E-state index in [4.69, 9.17) is 0 Å². The largest absolute Gasteiger partial charge is 0.401 e. The third-order valence-electron chi connectivity index (χ3n) is 1.89. The molecule has 0 radical (unpaired) electrons. The number of nitrogens with one attached hydrogen (secondary N) is 1. The van der Waals surface area contributed by atoms with Gasteiger partial charge in [0.25, 0.3) is 0 Å². The van der Waals surface area contributed by atoms with Gasteiger partial charge < -0.3 is 5.32 Å². The lowest BCUT2D eigenvalue weighted by Crippen LogP contribution is -2.33. The number of ketones is 1. The Labute approximate surface area is 91.5 Å². The fourth-order valence-electron chi connectivity index (χ4n) is 1.23. The number of halogens is 3. The molecule has 0 atom stereocenters. The second-order valence-electron chi connectivity index (χ2n) is 3.42. The first kappa shape index (κ1) is 12.7. The predicted molar refractivity (Wildman–Crippen MR) is 54.1 cm³/mol. The van der Waals surface area contributed by atoms with Gasteiger partial charge >= 0.3 is 6.18 Å². The highest BCUT2D eigenvalue weighted by atomic mass is 19.4. The highest BCUT2D eigenvalue weighted by Crippen LogP contribution is 2.11. The average Bonchev–Trinajstić information content (AvgIpc) is 2.17. The first-order chi connectivity index (χ1) is 7.47. The van der Waals surface area contributed by atoms with Crippen molar-refractivity contribution in [2.45, 2.75) is 12.6 Å². The molecule has 0 saturated heterocycles. The molecule has 0 fully saturated rings. The summed E-state index contributed by atoms with van der Waals surface area (Å²) in [4.78, 5) is 11.3. The van der Waals surface area contributed by atoms with E-state index < -0.39 is 12.7 Å². The van der Waals surface area contributed by atoms with Gasteiger partial charge in [0.15, 0.2) is 5.78 Å². The van der Waals surface area contributed by atoms with Gasteiger partial charge in [-0.25, -0.2) is 0 Å². The fraction of sp³-hybridized carbons (Fsp3) is 0.364. The van der Waals surface area contributed by atoms with Crippen molar-refractivity contribution < 1.29 is 18.0 Å². The molecule has 16 heavy (non-hydrogen) atoms. The van der Waals surface area contributed by atoms with Crippen LogP contribution in [0.1, 0.15) is 5.56 Å². The zero-order valence-electron chi connectivity index (χ0n) is 8.55. The quantitative estimate of drug-likeness (QED) is 0.839. The number of alkyl halides is 3. The van der Waals surface area contributed by atoms with Crippen LogP contribution < -0.4 is 5.32 Å². The van der Waals surface area contributed by atoms with Crippen LogP contribution in [-0.4, -0.2) is 25.0 Å². The SMILES string of the molecule is O=C(CNCC(F)(F)F)Cc1ccccc1. The van der Waals surface area contributed by atoms with E-state index in [9.17, 15) is 18.0 Å². The number of hydrogen-bond acceptors (Lipinski definition) is 2. The van der Waals surface area contributed by atoms with Crippen LogP contribution in [0.25, 0.3) is 0 Å². The third-order valence-corrected chi connectivity index (χ3v) is 1.89. The van der Waals surface area contributed by atoms with Crippen molar-refractivity contribution >= 4 is 5.78 Å². The molecule has 1 aromatic carbocycles. The maximum absolute atomic E-state index is 11.8. The highest BCUT2D eigenvalue weighted by Gasteiger charge is 2.26. The van der Waals surface area contributed by atoms with E-state index in [0.717, 1.165) is 5.56 Å². The smallest absolute Gasteiger partial charge is 0.302 e. The van der Waals surface area contributed by atoms with Gasteiger partial charge in [0.1, 0.15) is 0 Å². The van der Waals surface area contributed by atoms with Gasteiger partial charge in [0.05, 0.1) is 13.1 Å². The zero-order valence-corrected chi connectivity index (χ0v) is 8.55. The number of benzene rings is 1. The van der Waals surface area contributed by atoms with Crippen LogP contribution >= 0.6 is 0 Å². The number of Topliss-reactive ketones (excluding diaryl/α,β-unsaturated/α-hetero) is 1. The van der Waals surface area contributed by atoms with Gasteiger partial charge in [0, 0.05) is 6.42 Å². The van der Waals surface area contributed by atoms with E-state index in [0.29, 0.717) is 0 Å². The molecule has 0 aliphatic rings. The molecular formula is C11H12F3NO. The van der Waals surface area contributed by atoms with Crippen molar-refractivity contribution in [3.05, 3.63) is 35.9 Å². The summed E-state index contributed by atoms with van der Waals surface area (Å²) in [5, 5.41) is 2.07. The van der Waals surface area contributed by atoms with Gasteiger partial charge in [0.2, 0.25) is 0 Å². The van der Waals surface area contributed by atoms with E-state index in [-0.39, 0.29) is 18.7 Å². The Hall–Kier alpha value is -1.36. The highest BCUT2D eigenvalue weighted by molar-refractivity contribution is 5.82. The Morgan fingerprint density at radius 2 is 1.81 bits per heavy atom. The summed E-state index contributed by atoms with van der Waals surface area (Å²) in [6, 6.07) is 8.91. The summed E-state index contributed by atoms with van der Waals surface area (Å²) in [7, 11) is 0. The van der Waals surface area contributed by atoms with Crippen LogP contribution in [0.5, 0.6) is 0 Å². The van der Waals surface area contributed by atoms with E-state index in [1.165, 1.54) is 0 Å². The zero-order chi connectivity index (χ0) is 12.0. The first-order valence-corrected chi connectivity index (χ1v) is 4.80. The van der Waals surface area contributed by atoms with Crippen LogP contribution in [0.15, 0.2) is 30.3 Å². The van der Waals surface area contributed by atoms with E-state index in [1.807, 2.05) is 6.07 Å². The Morgan fingerprint density at radius 1 is 1.19 bits per heavy atom. The lowest BCUT2D eigenvalue weighted by molar-refractivity contribution is -0.127. The normalized spacial score (nSPS) is 11.4. The van der Waals surface area contributed by atoms with Crippen LogP contribution in [-0.2, 0) is 11.2 Å². The van der Waals surface area contributed by atoms with Crippen molar-refractivity contribution in [1.29, 1.82) is 0 Å². The average molecular weight is 231 g/mol. The summed E-state index contributed by atoms with van der Waals surface area (Å²) < 4.78 is 35.3. The summed E-state index contributed by atoms with van der Waals surface area (Å²) in [6.07, 6.45) is -4.11.